The van der Waals surface area contributed by atoms with Gasteiger partial charge in [0.25, 0.3) is 5.91 Å². The lowest BCUT2D eigenvalue weighted by Gasteiger charge is -2.17. The van der Waals surface area contributed by atoms with Gasteiger partial charge in [-0.25, -0.2) is 9.37 Å². The average molecular weight is 570 g/mol. The van der Waals surface area contributed by atoms with Crippen LogP contribution in [-0.2, 0) is 4.79 Å². The van der Waals surface area contributed by atoms with Crippen LogP contribution in [0.15, 0.2) is 113 Å². The number of thiazole rings is 1. The third-order valence-electron chi connectivity index (χ3n) is 5.89. The van der Waals surface area contributed by atoms with Crippen molar-refractivity contribution in [1.82, 2.24) is 4.98 Å². The maximum absolute atomic E-state index is 13.6. The number of amides is 2. The first-order chi connectivity index (χ1) is 19.5. The number of carbonyl (C=O) groups excluding carboxylic acids is 2. The number of halogens is 1. The van der Waals surface area contributed by atoms with Gasteiger partial charge in [-0.05, 0) is 60.2 Å². The second kappa shape index (κ2) is 12.6. The predicted molar refractivity (Wildman–Crippen MR) is 159 cm³/mol. The predicted octanol–water partition coefficient (Wildman–Crippen LogP) is 7.68. The van der Waals surface area contributed by atoms with Crippen molar-refractivity contribution in [1.29, 1.82) is 0 Å². The molecule has 0 bridgehead atoms. The minimum atomic E-state index is -0.576. The first-order valence-corrected chi connectivity index (χ1v) is 14.0. The molecule has 0 aliphatic rings. The Labute approximate surface area is 239 Å². The normalized spacial score (nSPS) is 11.4. The zero-order valence-corrected chi connectivity index (χ0v) is 23.0. The largest absolute Gasteiger partial charge is 0.497 e. The smallest absolute Gasteiger partial charge is 0.255 e. The van der Waals surface area contributed by atoms with Gasteiger partial charge >= 0.3 is 0 Å². The highest BCUT2D eigenvalue weighted by atomic mass is 32.2. The summed E-state index contributed by atoms with van der Waals surface area (Å²) in [7, 11) is 1.61. The van der Waals surface area contributed by atoms with E-state index in [0.717, 1.165) is 27.5 Å². The average Bonchev–Trinajstić information content (AvgIpc) is 3.45. The fourth-order valence-corrected chi connectivity index (χ4v) is 5.71. The van der Waals surface area contributed by atoms with E-state index in [9.17, 15) is 14.0 Å². The molecular weight excluding hydrogens is 545 g/mol. The molecule has 9 heteroatoms. The molecule has 0 radical (unpaired) electrons. The Hall–Kier alpha value is -4.47. The van der Waals surface area contributed by atoms with Crippen molar-refractivity contribution in [2.24, 2.45) is 0 Å². The highest BCUT2D eigenvalue weighted by Crippen LogP contribution is 2.38. The molecule has 0 saturated carbocycles. The van der Waals surface area contributed by atoms with Crippen LogP contribution in [0, 0.1) is 5.82 Å². The van der Waals surface area contributed by atoms with Crippen molar-refractivity contribution in [3.05, 3.63) is 125 Å². The van der Waals surface area contributed by atoms with Crippen molar-refractivity contribution >= 4 is 45.7 Å². The van der Waals surface area contributed by atoms with E-state index < -0.39 is 11.1 Å². The minimum absolute atomic E-state index is 0.219. The molecule has 2 N–H and O–H groups in total. The number of thioether (sulfide) groups is 1. The first-order valence-electron chi connectivity index (χ1n) is 12.3. The van der Waals surface area contributed by atoms with Crippen LogP contribution in [0.25, 0.3) is 11.3 Å². The molecule has 5 aromatic rings. The molecule has 0 aliphatic carbocycles. The summed E-state index contributed by atoms with van der Waals surface area (Å²) in [6.07, 6.45) is 0. The molecule has 2 amide bonds. The van der Waals surface area contributed by atoms with Gasteiger partial charge in [-0.3, -0.25) is 9.59 Å². The summed E-state index contributed by atoms with van der Waals surface area (Å²) in [6.45, 7) is 0. The second-order valence-electron chi connectivity index (χ2n) is 8.66. The number of hydrogen-bond donors (Lipinski definition) is 2. The van der Waals surface area contributed by atoms with E-state index >= 15 is 0 Å². The van der Waals surface area contributed by atoms with Crippen molar-refractivity contribution < 1.29 is 18.7 Å². The van der Waals surface area contributed by atoms with E-state index in [2.05, 4.69) is 15.6 Å². The zero-order chi connectivity index (χ0) is 27.9. The molecule has 200 valence electrons. The molecule has 1 unspecified atom stereocenters. The fourth-order valence-electron chi connectivity index (χ4n) is 3.91. The third-order valence-corrected chi connectivity index (χ3v) is 7.90. The second-order valence-corrected chi connectivity index (χ2v) is 10.7. The Kier molecular flexibility index (Phi) is 8.53. The van der Waals surface area contributed by atoms with Crippen molar-refractivity contribution in [2.75, 3.05) is 17.7 Å². The SMILES string of the molecule is COc1cccc(-c2csc(NC(=O)C(Sc3cccc(NC(=O)c4ccc(F)cc4)c3)c3ccccc3)n2)c1. The van der Waals surface area contributed by atoms with Crippen LogP contribution >= 0.6 is 23.1 Å². The fraction of sp³-hybridized carbons (Fsp3) is 0.0645. The van der Waals surface area contributed by atoms with Gasteiger partial charge in [-0.1, -0.05) is 48.5 Å². The van der Waals surface area contributed by atoms with Crippen LogP contribution in [0.4, 0.5) is 15.2 Å². The Balaban J connectivity index is 1.33. The summed E-state index contributed by atoms with van der Waals surface area (Å²) in [5.41, 5.74) is 3.37. The monoisotopic (exact) mass is 569 g/mol. The summed E-state index contributed by atoms with van der Waals surface area (Å²) >= 11 is 2.71. The van der Waals surface area contributed by atoms with E-state index in [0.29, 0.717) is 16.4 Å². The molecule has 40 heavy (non-hydrogen) atoms. The number of benzene rings is 4. The van der Waals surface area contributed by atoms with E-state index in [-0.39, 0.29) is 11.8 Å². The highest BCUT2D eigenvalue weighted by molar-refractivity contribution is 8.00. The van der Waals surface area contributed by atoms with Crippen LogP contribution in [0.2, 0.25) is 0 Å². The topological polar surface area (TPSA) is 80.3 Å². The van der Waals surface area contributed by atoms with Gasteiger partial charge in [0.2, 0.25) is 5.91 Å². The summed E-state index contributed by atoms with van der Waals surface area (Å²) in [4.78, 5) is 31.6. The number of nitrogens with zero attached hydrogens (tertiary/aromatic N) is 1. The molecule has 1 heterocycles. The molecule has 1 atom stereocenters. The first kappa shape index (κ1) is 27.1. The van der Waals surface area contributed by atoms with Gasteiger partial charge in [0.15, 0.2) is 5.13 Å². The highest BCUT2D eigenvalue weighted by Gasteiger charge is 2.23. The molecular formula is C31H24FN3O3S2. The van der Waals surface area contributed by atoms with E-state index in [1.54, 1.807) is 19.2 Å². The van der Waals surface area contributed by atoms with Crippen molar-refractivity contribution in [3.63, 3.8) is 0 Å². The van der Waals surface area contributed by atoms with Crippen LogP contribution in [-0.4, -0.2) is 23.9 Å². The van der Waals surface area contributed by atoms with Gasteiger partial charge in [-0.15, -0.1) is 23.1 Å². The Morgan fingerprint density at radius 1 is 0.900 bits per heavy atom. The lowest BCUT2D eigenvalue weighted by molar-refractivity contribution is -0.115. The summed E-state index contributed by atoms with van der Waals surface area (Å²) in [5, 5.41) is 7.61. The number of carbonyl (C=O) groups is 2. The molecule has 0 aliphatic heterocycles. The number of aromatic nitrogens is 1. The van der Waals surface area contributed by atoms with Crippen LogP contribution < -0.4 is 15.4 Å². The number of ether oxygens (including phenoxy) is 1. The third kappa shape index (κ3) is 6.74. The maximum Gasteiger partial charge on any atom is 0.255 e. The van der Waals surface area contributed by atoms with Gasteiger partial charge < -0.3 is 15.4 Å². The van der Waals surface area contributed by atoms with E-state index in [4.69, 9.17) is 4.74 Å². The number of anilines is 2. The molecule has 0 saturated heterocycles. The minimum Gasteiger partial charge on any atom is -0.497 e. The van der Waals surface area contributed by atoms with Crippen molar-refractivity contribution in [3.8, 4) is 17.0 Å². The molecule has 1 aromatic heterocycles. The lowest BCUT2D eigenvalue weighted by Crippen LogP contribution is -2.19. The molecule has 4 aromatic carbocycles. The Morgan fingerprint density at radius 3 is 2.45 bits per heavy atom. The van der Waals surface area contributed by atoms with E-state index in [1.165, 1.54) is 47.4 Å². The van der Waals surface area contributed by atoms with E-state index in [1.807, 2.05) is 72.1 Å². The number of nitrogens with one attached hydrogen (secondary N) is 2. The van der Waals surface area contributed by atoms with Crippen LogP contribution in [0.5, 0.6) is 5.75 Å². The summed E-state index contributed by atoms with van der Waals surface area (Å²) in [6, 6.07) is 29.7. The number of hydrogen-bond acceptors (Lipinski definition) is 6. The maximum atomic E-state index is 13.6. The quantitative estimate of drug-likeness (QED) is 0.178. The van der Waals surface area contributed by atoms with Crippen LogP contribution in [0.3, 0.4) is 0 Å². The standard InChI is InChI=1S/C31H24FN3O3S2/c1-38-25-11-5-9-22(17-25)27-19-39-31(34-27)35-30(37)28(20-7-3-2-4-8-20)40-26-12-6-10-24(18-26)33-29(36)21-13-15-23(32)16-14-21/h2-19,28H,1H3,(H,33,36)(H,34,35,37). The Bertz CT molecular complexity index is 1620. The van der Waals surface area contributed by atoms with Gasteiger partial charge in [-0.2, -0.15) is 0 Å². The van der Waals surface area contributed by atoms with Crippen LogP contribution in [0.1, 0.15) is 21.2 Å². The molecule has 0 fully saturated rings. The summed E-state index contributed by atoms with van der Waals surface area (Å²) < 4.78 is 18.5. The molecule has 5 rings (SSSR count). The van der Waals surface area contributed by atoms with Gasteiger partial charge in [0, 0.05) is 27.1 Å². The van der Waals surface area contributed by atoms with Gasteiger partial charge in [0.1, 0.15) is 16.8 Å². The van der Waals surface area contributed by atoms with Gasteiger partial charge in [0.05, 0.1) is 12.8 Å². The number of rotatable bonds is 9. The molecule has 0 spiro atoms. The zero-order valence-electron chi connectivity index (χ0n) is 21.3. The Morgan fingerprint density at radius 2 is 1.68 bits per heavy atom. The van der Waals surface area contributed by atoms with Crippen molar-refractivity contribution in [2.45, 2.75) is 10.1 Å². The summed E-state index contributed by atoms with van der Waals surface area (Å²) in [5.74, 6) is -0.249. The lowest BCUT2D eigenvalue weighted by atomic mass is 10.1. The number of methoxy groups -OCH3 is 1. The molecule has 6 nitrogen and oxygen atoms in total.